The third-order valence-electron chi connectivity index (χ3n) is 2.43. The number of hydrogen-bond acceptors (Lipinski definition) is 2. The molecule has 0 bridgehead atoms. The molecule has 1 aliphatic rings. The second-order valence-corrected chi connectivity index (χ2v) is 5.22. The summed E-state index contributed by atoms with van der Waals surface area (Å²) in [6.45, 7) is 8.62. The van der Waals surface area contributed by atoms with Crippen molar-refractivity contribution >= 4 is 6.09 Å². The number of nitrogens with zero attached hydrogens (tertiary/aromatic N) is 1. The smallest absolute Gasteiger partial charge is 0.414 e. The predicted molar refractivity (Wildman–Crippen MR) is 65.2 cm³/mol. The molecule has 0 saturated heterocycles. The molecule has 0 atom stereocenters. The lowest BCUT2D eigenvalue weighted by Gasteiger charge is -2.31. The molecule has 3 nitrogen and oxygen atoms in total. The van der Waals surface area contributed by atoms with E-state index in [0.29, 0.717) is 0 Å². The van der Waals surface area contributed by atoms with Crippen LogP contribution in [0.15, 0.2) is 11.8 Å². The number of carbonyl (C=O) groups is 1. The summed E-state index contributed by atoms with van der Waals surface area (Å²) in [4.78, 5) is 13.8. The molecule has 1 heterocycles. The average Bonchev–Trinajstić information content (AvgIpc) is 2.16. The second-order valence-electron chi connectivity index (χ2n) is 5.22. The lowest BCUT2D eigenvalue weighted by atomic mass is 10.1. The number of rotatable bonds is 2. The van der Waals surface area contributed by atoms with E-state index in [2.05, 4.69) is 13.0 Å². The molecular weight excluding hydrogens is 202 g/mol. The third kappa shape index (κ3) is 3.87. The zero-order valence-electron chi connectivity index (χ0n) is 10.9. The monoisotopic (exact) mass is 225 g/mol. The zero-order valence-corrected chi connectivity index (χ0v) is 10.9. The molecule has 0 aliphatic carbocycles. The van der Waals surface area contributed by atoms with Crippen LogP contribution in [0.1, 0.15) is 53.4 Å². The van der Waals surface area contributed by atoms with E-state index >= 15 is 0 Å². The van der Waals surface area contributed by atoms with Crippen LogP contribution in [-0.2, 0) is 4.74 Å². The molecule has 0 radical (unpaired) electrons. The Labute approximate surface area is 98.5 Å². The molecule has 92 valence electrons. The van der Waals surface area contributed by atoms with Crippen molar-refractivity contribution in [2.24, 2.45) is 0 Å². The lowest BCUT2D eigenvalue weighted by molar-refractivity contribution is 0.0297. The Morgan fingerprint density at radius 3 is 2.75 bits per heavy atom. The van der Waals surface area contributed by atoms with Crippen molar-refractivity contribution < 1.29 is 9.53 Å². The fraction of sp³-hybridized carbons (Fsp3) is 0.769. The van der Waals surface area contributed by atoms with Gasteiger partial charge in [-0.3, -0.25) is 4.90 Å². The quantitative estimate of drug-likeness (QED) is 0.717. The summed E-state index contributed by atoms with van der Waals surface area (Å²) in [5.41, 5.74) is 0.717. The minimum Gasteiger partial charge on any atom is -0.443 e. The minimum atomic E-state index is -0.411. The molecule has 0 spiro atoms. The molecular formula is C13H23NO2. The van der Waals surface area contributed by atoms with Crippen molar-refractivity contribution in [3.8, 4) is 0 Å². The van der Waals surface area contributed by atoms with Crippen LogP contribution < -0.4 is 0 Å². The van der Waals surface area contributed by atoms with Crippen LogP contribution in [0.2, 0.25) is 0 Å². The van der Waals surface area contributed by atoms with E-state index in [-0.39, 0.29) is 6.09 Å². The molecule has 3 heteroatoms. The number of carbonyl (C=O) groups excluding carboxylic acids is 1. The van der Waals surface area contributed by atoms with Crippen LogP contribution in [0.3, 0.4) is 0 Å². The highest BCUT2D eigenvalue weighted by Gasteiger charge is 2.25. The van der Waals surface area contributed by atoms with Crippen molar-refractivity contribution in [3.05, 3.63) is 11.8 Å². The summed E-state index contributed by atoms with van der Waals surface area (Å²) in [6, 6.07) is 0. The maximum absolute atomic E-state index is 12.0. The van der Waals surface area contributed by atoms with Gasteiger partial charge >= 0.3 is 6.09 Å². The van der Waals surface area contributed by atoms with Gasteiger partial charge in [0.2, 0.25) is 0 Å². The second kappa shape index (κ2) is 5.37. The van der Waals surface area contributed by atoms with Gasteiger partial charge in [0.05, 0.1) is 0 Å². The number of allylic oxidation sites excluding steroid dienone is 2. The molecule has 0 saturated carbocycles. The summed E-state index contributed by atoms with van der Waals surface area (Å²) in [7, 11) is 0. The number of amides is 1. The maximum Gasteiger partial charge on any atom is 0.414 e. The minimum absolute atomic E-state index is 0.202. The van der Waals surface area contributed by atoms with Gasteiger partial charge in [-0.15, -0.1) is 0 Å². The molecule has 0 N–H and O–H groups in total. The van der Waals surface area contributed by atoms with Crippen LogP contribution in [0.5, 0.6) is 0 Å². The Bertz CT molecular complexity index is 276. The summed E-state index contributed by atoms with van der Waals surface area (Å²) in [5, 5.41) is 0. The molecule has 1 amide bonds. The average molecular weight is 225 g/mol. The SMILES string of the molecule is CCCC1=CCCCN1C(=O)OC(C)(C)C. The van der Waals surface area contributed by atoms with E-state index < -0.39 is 5.60 Å². The molecule has 0 fully saturated rings. The van der Waals surface area contributed by atoms with Gasteiger partial charge in [0.25, 0.3) is 0 Å². The van der Waals surface area contributed by atoms with Crippen molar-refractivity contribution in [3.63, 3.8) is 0 Å². The van der Waals surface area contributed by atoms with Crippen LogP contribution in [-0.4, -0.2) is 23.1 Å². The number of ether oxygens (including phenoxy) is 1. The maximum atomic E-state index is 12.0. The summed E-state index contributed by atoms with van der Waals surface area (Å²) in [6.07, 6.45) is 6.09. The molecule has 0 unspecified atom stereocenters. The van der Waals surface area contributed by atoms with Gasteiger partial charge in [0.15, 0.2) is 0 Å². The standard InChI is InChI=1S/C13H23NO2/c1-5-8-11-9-6-7-10-14(11)12(15)16-13(2,3)4/h9H,5-8,10H2,1-4H3. The molecule has 0 aromatic carbocycles. The first-order valence-electron chi connectivity index (χ1n) is 6.13. The van der Waals surface area contributed by atoms with E-state index in [1.165, 1.54) is 0 Å². The van der Waals surface area contributed by atoms with Gasteiger partial charge in [-0.25, -0.2) is 4.79 Å². The third-order valence-corrected chi connectivity index (χ3v) is 2.43. The van der Waals surface area contributed by atoms with Gasteiger partial charge in [0, 0.05) is 12.2 Å². The van der Waals surface area contributed by atoms with Gasteiger partial charge < -0.3 is 4.74 Å². The predicted octanol–water partition coefficient (Wildman–Crippen LogP) is 3.70. The Hall–Kier alpha value is -0.990. The Balaban J connectivity index is 2.66. The highest BCUT2D eigenvalue weighted by molar-refractivity contribution is 5.70. The number of hydrogen-bond donors (Lipinski definition) is 0. The van der Waals surface area contributed by atoms with E-state index in [1.807, 2.05) is 20.8 Å². The van der Waals surface area contributed by atoms with Crippen molar-refractivity contribution in [2.45, 2.75) is 59.0 Å². The van der Waals surface area contributed by atoms with Crippen LogP contribution in [0.4, 0.5) is 4.79 Å². The van der Waals surface area contributed by atoms with Gasteiger partial charge in [-0.2, -0.15) is 0 Å². The van der Waals surface area contributed by atoms with E-state index in [1.54, 1.807) is 4.90 Å². The van der Waals surface area contributed by atoms with Crippen LogP contribution in [0, 0.1) is 0 Å². The molecule has 0 aromatic rings. The van der Waals surface area contributed by atoms with Crippen LogP contribution in [0.25, 0.3) is 0 Å². The molecule has 16 heavy (non-hydrogen) atoms. The van der Waals surface area contributed by atoms with Crippen molar-refractivity contribution in [1.29, 1.82) is 0 Å². The van der Waals surface area contributed by atoms with Gasteiger partial charge in [-0.05, 0) is 40.0 Å². The molecule has 0 aromatic heterocycles. The first kappa shape index (κ1) is 13.1. The first-order chi connectivity index (χ1) is 7.44. The Kier molecular flexibility index (Phi) is 4.39. The van der Waals surface area contributed by atoms with E-state index in [4.69, 9.17) is 4.74 Å². The molecule has 1 aliphatic heterocycles. The lowest BCUT2D eigenvalue weighted by Crippen LogP contribution is -2.38. The van der Waals surface area contributed by atoms with E-state index in [9.17, 15) is 4.79 Å². The normalized spacial score (nSPS) is 17.0. The summed E-state index contributed by atoms with van der Waals surface area (Å²) < 4.78 is 5.40. The first-order valence-corrected chi connectivity index (χ1v) is 6.13. The summed E-state index contributed by atoms with van der Waals surface area (Å²) in [5.74, 6) is 0. The largest absolute Gasteiger partial charge is 0.443 e. The van der Waals surface area contributed by atoms with Gasteiger partial charge in [-0.1, -0.05) is 19.4 Å². The van der Waals surface area contributed by atoms with E-state index in [0.717, 1.165) is 37.9 Å². The topological polar surface area (TPSA) is 29.5 Å². The fourth-order valence-corrected chi connectivity index (χ4v) is 1.79. The summed E-state index contributed by atoms with van der Waals surface area (Å²) >= 11 is 0. The van der Waals surface area contributed by atoms with Crippen LogP contribution >= 0.6 is 0 Å². The molecule has 1 rings (SSSR count). The van der Waals surface area contributed by atoms with Crippen molar-refractivity contribution in [2.75, 3.05) is 6.54 Å². The van der Waals surface area contributed by atoms with Crippen molar-refractivity contribution in [1.82, 2.24) is 4.90 Å². The van der Waals surface area contributed by atoms with Gasteiger partial charge in [0.1, 0.15) is 5.60 Å². The Morgan fingerprint density at radius 2 is 2.19 bits per heavy atom. The Morgan fingerprint density at radius 1 is 1.50 bits per heavy atom. The fourth-order valence-electron chi connectivity index (χ4n) is 1.79. The highest BCUT2D eigenvalue weighted by atomic mass is 16.6. The zero-order chi connectivity index (χ0) is 12.2. The highest BCUT2D eigenvalue weighted by Crippen LogP contribution is 2.22.